The zero-order chi connectivity index (χ0) is 33.3. The van der Waals surface area contributed by atoms with Crippen LogP contribution < -0.4 is 25.7 Å². The van der Waals surface area contributed by atoms with E-state index in [0.717, 1.165) is 60.5 Å². The number of rotatable bonds is 18. The van der Waals surface area contributed by atoms with E-state index in [1.54, 1.807) is 0 Å². The fourth-order valence-corrected chi connectivity index (χ4v) is 4.19. The van der Waals surface area contributed by atoms with Crippen molar-refractivity contribution in [3.05, 3.63) is 89.5 Å². The van der Waals surface area contributed by atoms with Crippen molar-refractivity contribution < 1.29 is 29.5 Å². The van der Waals surface area contributed by atoms with E-state index in [2.05, 4.69) is 13.0 Å². The number of benzene rings is 3. The Morgan fingerprint density at radius 2 is 0.800 bits per heavy atom. The van der Waals surface area contributed by atoms with Crippen LogP contribution in [0.1, 0.15) is 70.1 Å². The van der Waals surface area contributed by atoms with Crippen molar-refractivity contribution in [2.75, 3.05) is 32.9 Å². The zero-order valence-corrected chi connectivity index (χ0v) is 27.9. The van der Waals surface area contributed by atoms with E-state index in [0.29, 0.717) is 13.1 Å². The molecule has 7 N–H and O–H groups in total. The van der Waals surface area contributed by atoms with Crippen LogP contribution in [0.25, 0.3) is 0 Å². The molecule has 0 aromatic heterocycles. The van der Waals surface area contributed by atoms with Gasteiger partial charge >= 0.3 is 0 Å². The first-order valence-electron chi connectivity index (χ1n) is 16.3. The largest absolute Gasteiger partial charge is 0.488 e. The van der Waals surface area contributed by atoms with Gasteiger partial charge in [-0.15, -0.1) is 0 Å². The van der Waals surface area contributed by atoms with Gasteiger partial charge < -0.3 is 41.0 Å². The van der Waals surface area contributed by atoms with E-state index in [4.69, 9.17) is 41.0 Å². The molecule has 45 heavy (non-hydrogen) atoms. The Balaban J connectivity index is 0.000000337. The summed E-state index contributed by atoms with van der Waals surface area (Å²) in [6.45, 7) is 9.24. The molecule has 0 aliphatic heterocycles. The molecule has 0 heterocycles. The summed E-state index contributed by atoms with van der Waals surface area (Å²) in [7, 11) is 0. The van der Waals surface area contributed by atoms with Crippen LogP contribution in [0.4, 0.5) is 0 Å². The minimum atomic E-state index is -0.163. The molecule has 0 amide bonds. The Morgan fingerprint density at radius 3 is 1.07 bits per heavy atom. The number of aliphatic hydroxyl groups excluding tert-OH is 3. The lowest BCUT2D eigenvalue weighted by Gasteiger charge is -2.15. The number of ether oxygens (including phenoxy) is 3. The maximum Gasteiger partial charge on any atom is 0.123 e. The molecule has 0 bridgehead atoms. The summed E-state index contributed by atoms with van der Waals surface area (Å²) in [6.07, 6.45) is 6.70. The predicted octanol–water partition coefficient (Wildman–Crippen LogP) is 5.46. The fraction of sp³-hybridized carbons (Fsp3) is 0.514. The third-order valence-electron chi connectivity index (χ3n) is 6.77. The van der Waals surface area contributed by atoms with Crippen LogP contribution in [0.15, 0.2) is 72.8 Å². The van der Waals surface area contributed by atoms with E-state index in [-0.39, 0.29) is 38.1 Å². The van der Waals surface area contributed by atoms with Crippen molar-refractivity contribution in [2.45, 2.75) is 91.0 Å². The van der Waals surface area contributed by atoms with Crippen molar-refractivity contribution in [3.63, 3.8) is 0 Å². The van der Waals surface area contributed by atoms with E-state index < -0.39 is 0 Å². The highest BCUT2D eigenvalue weighted by molar-refractivity contribution is 5.35. The van der Waals surface area contributed by atoms with Crippen molar-refractivity contribution in [1.29, 1.82) is 0 Å². The monoisotopic (exact) mass is 626 g/mol. The number of hydrogen-bond acceptors (Lipinski definition) is 8. The van der Waals surface area contributed by atoms with Gasteiger partial charge in [-0.2, -0.15) is 0 Å². The maximum atomic E-state index is 8.94. The molecule has 0 spiro atoms. The summed E-state index contributed by atoms with van der Waals surface area (Å²) < 4.78 is 16.8. The van der Waals surface area contributed by atoms with Crippen LogP contribution in [0.3, 0.4) is 0 Å². The third kappa shape index (κ3) is 17.2. The second kappa shape index (κ2) is 25.1. The zero-order valence-electron chi connectivity index (χ0n) is 27.9. The van der Waals surface area contributed by atoms with Gasteiger partial charge in [0, 0.05) is 0 Å². The molecule has 1 unspecified atom stereocenters. The molecule has 0 aliphatic rings. The molecule has 0 aliphatic carbocycles. The van der Waals surface area contributed by atoms with Gasteiger partial charge in [0.15, 0.2) is 0 Å². The molecule has 8 heteroatoms. The molecule has 3 aromatic rings. The Hall–Kier alpha value is -3.14. The molecule has 3 atom stereocenters. The molecule has 0 fully saturated rings. The first-order chi connectivity index (χ1) is 21.8. The van der Waals surface area contributed by atoms with Gasteiger partial charge in [-0.1, -0.05) is 67.9 Å². The summed E-state index contributed by atoms with van der Waals surface area (Å²) in [6, 6.07) is 23.8. The number of aliphatic hydroxyl groups is 3. The Labute approximate surface area is 271 Å². The maximum absolute atomic E-state index is 8.94. The van der Waals surface area contributed by atoms with Crippen molar-refractivity contribution in [3.8, 4) is 17.2 Å². The predicted molar refractivity (Wildman–Crippen MR) is 184 cm³/mol. The molecular weight excluding hydrogens is 568 g/mol. The third-order valence-corrected chi connectivity index (χ3v) is 6.77. The average Bonchev–Trinajstić information content (AvgIpc) is 3.07. The fourth-order valence-electron chi connectivity index (χ4n) is 4.19. The Bertz CT molecular complexity index is 1000. The van der Waals surface area contributed by atoms with E-state index in [9.17, 15) is 0 Å². The van der Waals surface area contributed by atoms with Gasteiger partial charge in [0.2, 0.25) is 0 Å². The highest BCUT2D eigenvalue weighted by Gasteiger charge is 2.08. The molecule has 252 valence electrons. The molecular formula is C37H58N2O6. The number of aryl methyl sites for hydroxylation is 3. The van der Waals surface area contributed by atoms with Crippen molar-refractivity contribution in [1.82, 2.24) is 0 Å². The molecule has 0 saturated heterocycles. The molecule has 0 saturated carbocycles. The van der Waals surface area contributed by atoms with Crippen LogP contribution in [0, 0.1) is 0 Å². The summed E-state index contributed by atoms with van der Waals surface area (Å²) in [5, 5.41) is 26.8. The normalized spacial score (nSPS) is 12.5. The second-order valence-electron chi connectivity index (χ2n) is 11.0. The number of para-hydroxylation sites is 3. The average molecular weight is 627 g/mol. The quantitative estimate of drug-likeness (QED) is 0.125. The number of nitrogens with two attached hydrogens (primary N) is 2. The van der Waals surface area contributed by atoms with Gasteiger partial charge in [0.05, 0.1) is 19.8 Å². The summed E-state index contributed by atoms with van der Waals surface area (Å²) in [5.41, 5.74) is 14.5. The van der Waals surface area contributed by atoms with Crippen LogP contribution >= 0.6 is 0 Å². The van der Waals surface area contributed by atoms with Crippen LogP contribution in [0.2, 0.25) is 0 Å². The second-order valence-corrected chi connectivity index (χ2v) is 11.0. The van der Waals surface area contributed by atoms with Crippen molar-refractivity contribution >= 4 is 0 Å². The van der Waals surface area contributed by atoms with Crippen LogP contribution in [0.5, 0.6) is 17.2 Å². The van der Waals surface area contributed by atoms with Crippen LogP contribution in [-0.4, -0.2) is 66.5 Å². The first-order valence-corrected chi connectivity index (χ1v) is 16.3. The standard InChI is InChI=1S/C13H20O2.2C12H19NO2/c1-3-4-7-12-8-5-6-9-13(12)15-11(2)10-14;2*1-10(9-14)15-12-7-3-2-5-11(12)6-4-8-13/h5-6,8-9,11,14H,3-4,7,10H2,1-2H3;2*2-3,5,7,10,14H,4,6,8-9,13H2,1H3/t11-;10-;/m10./s1. The summed E-state index contributed by atoms with van der Waals surface area (Å²) >= 11 is 0. The molecule has 3 rings (SSSR count). The molecule has 0 radical (unpaired) electrons. The lowest BCUT2D eigenvalue weighted by Crippen LogP contribution is -2.17. The SMILES string of the molecule is CC(CO)Oc1ccccc1CCCN.CCCCc1ccccc1O[C@H](C)CO.C[C@@H](CO)Oc1ccccc1CCCN. The van der Waals surface area contributed by atoms with E-state index in [1.165, 1.54) is 18.4 Å². The first kappa shape index (κ1) is 39.9. The van der Waals surface area contributed by atoms with Crippen molar-refractivity contribution in [2.24, 2.45) is 11.5 Å². The van der Waals surface area contributed by atoms with E-state index in [1.807, 2.05) is 87.5 Å². The van der Waals surface area contributed by atoms with Gasteiger partial charge in [-0.05, 0) is 107 Å². The highest BCUT2D eigenvalue weighted by atomic mass is 16.5. The van der Waals surface area contributed by atoms with Gasteiger partial charge in [0.1, 0.15) is 35.6 Å². The Kier molecular flexibility index (Phi) is 22.2. The molecule has 3 aromatic carbocycles. The Morgan fingerprint density at radius 1 is 0.511 bits per heavy atom. The van der Waals surface area contributed by atoms with E-state index >= 15 is 0 Å². The summed E-state index contributed by atoms with van der Waals surface area (Å²) in [4.78, 5) is 0. The minimum Gasteiger partial charge on any atom is -0.488 e. The smallest absolute Gasteiger partial charge is 0.123 e. The van der Waals surface area contributed by atoms with Gasteiger partial charge in [0.25, 0.3) is 0 Å². The number of hydrogen-bond donors (Lipinski definition) is 5. The van der Waals surface area contributed by atoms with Crippen LogP contribution in [-0.2, 0) is 19.3 Å². The topological polar surface area (TPSA) is 140 Å². The summed E-state index contributed by atoms with van der Waals surface area (Å²) in [5.74, 6) is 2.62. The van der Waals surface area contributed by atoms with Gasteiger partial charge in [-0.25, -0.2) is 0 Å². The number of unbranched alkanes of at least 4 members (excludes halogenated alkanes) is 1. The highest BCUT2D eigenvalue weighted by Crippen LogP contribution is 2.22. The lowest BCUT2D eigenvalue weighted by atomic mass is 10.1. The van der Waals surface area contributed by atoms with Gasteiger partial charge in [-0.3, -0.25) is 0 Å². The lowest BCUT2D eigenvalue weighted by molar-refractivity contribution is 0.128. The molecule has 8 nitrogen and oxygen atoms in total. The minimum absolute atomic E-state index is 0.0330.